The molecule has 10 aromatic rings. The van der Waals surface area contributed by atoms with Crippen molar-refractivity contribution < 1.29 is 0 Å². The average Bonchev–Trinajstić information content (AvgIpc) is 3.83. The molecule has 12 rings (SSSR count). The zero-order valence-electron chi connectivity index (χ0n) is 34.2. The fourth-order valence-electron chi connectivity index (χ4n) is 10.6. The van der Waals surface area contributed by atoms with Gasteiger partial charge in [0.05, 0.1) is 28.1 Å². The zero-order valence-corrected chi connectivity index (χ0v) is 34.2. The number of benzene rings is 9. The first kappa shape index (κ1) is 35.3. The van der Waals surface area contributed by atoms with Gasteiger partial charge in [-0.25, -0.2) is 0 Å². The Bertz CT molecular complexity index is 3240. The molecule has 0 saturated carbocycles. The van der Waals surface area contributed by atoms with Gasteiger partial charge >= 0.3 is 0 Å². The molecule has 2 aliphatic rings. The fourth-order valence-corrected chi connectivity index (χ4v) is 10.6. The van der Waals surface area contributed by atoms with E-state index in [0.29, 0.717) is 0 Å². The van der Waals surface area contributed by atoms with Crippen molar-refractivity contribution in [1.82, 2.24) is 4.57 Å². The maximum absolute atomic E-state index is 2.63. The largest absolute Gasteiger partial charge is 0.309 e. The van der Waals surface area contributed by atoms with Gasteiger partial charge in [0.2, 0.25) is 0 Å². The van der Waals surface area contributed by atoms with Crippen LogP contribution in [0.2, 0.25) is 0 Å². The normalized spacial score (nSPS) is 14.6. The van der Waals surface area contributed by atoms with E-state index in [-0.39, 0.29) is 5.41 Å². The Hall–Kier alpha value is -7.62. The molecule has 1 aromatic heterocycles. The summed E-state index contributed by atoms with van der Waals surface area (Å²) in [4.78, 5) is 5.26. The minimum Gasteiger partial charge on any atom is -0.309 e. The van der Waals surface area contributed by atoms with Crippen molar-refractivity contribution in [3.63, 3.8) is 0 Å². The molecule has 3 heteroatoms. The van der Waals surface area contributed by atoms with Crippen LogP contribution < -0.4 is 9.80 Å². The van der Waals surface area contributed by atoms with Crippen LogP contribution in [-0.4, -0.2) is 4.57 Å². The first-order chi connectivity index (χ1) is 30.0. The molecule has 9 aromatic carbocycles. The Morgan fingerprint density at radius 3 is 1.38 bits per heavy atom. The molecule has 0 radical (unpaired) electrons. The molecule has 290 valence electrons. The van der Waals surface area contributed by atoms with E-state index in [1.807, 2.05) is 0 Å². The van der Waals surface area contributed by atoms with E-state index >= 15 is 0 Å². The number of rotatable bonds is 6. The molecular weight excluding hydrogens is 739 g/mol. The van der Waals surface area contributed by atoms with Crippen molar-refractivity contribution in [3.05, 3.63) is 247 Å². The highest BCUT2D eigenvalue weighted by atomic mass is 15.5. The van der Waals surface area contributed by atoms with Gasteiger partial charge < -0.3 is 14.4 Å². The molecule has 0 aliphatic carbocycles. The van der Waals surface area contributed by atoms with Crippen LogP contribution in [0.25, 0.3) is 49.7 Å². The van der Waals surface area contributed by atoms with Gasteiger partial charge in [-0.3, -0.25) is 0 Å². The zero-order chi connectivity index (χ0) is 40.7. The first-order valence-corrected chi connectivity index (χ1v) is 21.3. The lowest BCUT2D eigenvalue weighted by atomic mass is 9.74. The number of aromatic nitrogens is 1. The monoisotopic (exact) mass is 781 g/mol. The van der Waals surface area contributed by atoms with Gasteiger partial charge in [-0.15, -0.1) is 0 Å². The van der Waals surface area contributed by atoms with Crippen molar-refractivity contribution in [2.24, 2.45) is 0 Å². The van der Waals surface area contributed by atoms with Crippen LogP contribution in [0.5, 0.6) is 0 Å². The summed E-state index contributed by atoms with van der Waals surface area (Å²) in [6.07, 6.45) is 0. The third-order valence-corrected chi connectivity index (χ3v) is 13.3. The SMILES string of the molecule is CC1(C)c2cc3c(cc2-n2c4ccccc4c4cccc1c42)N(c1cccc(-c2ccccc2)c1)C(c1ccccc1)(c1ccccc1)N3c1cccc(-c2ccccc2)c1. The third kappa shape index (κ3) is 5.10. The smallest absolute Gasteiger partial charge is 0.175 e. The van der Waals surface area contributed by atoms with Crippen LogP contribution >= 0.6 is 0 Å². The van der Waals surface area contributed by atoms with Gasteiger partial charge in [-0.2, -0.15) is 0 Å². The highest BCUT2D eigenvalue weighted by molar-refractivity contribution is 6.12. The second-order valence-electron chi connectivity index (χ2n) is 16.9. The summed E-state index contributed by atoms with van der Waals surface area (Å²) in [6, 6.07) is 82.8. The Morgan fingerprint density at radius 2 is 0.803 bits per heavy atom. The summed E-state index contributed by atoms with van der Waals surface area (Å²) in [5.41, 5.74) is 16.8. The lowest BCUT2D eigenvalue weighted by molar-refractivity contribution is 0.559. The molecule has 3 heterocycles. The maximum atomic E-state index is 2.63. The number of fused-ring (bicyclic) bond motifs is 6. The van der Waals surface area contributed by atoms with Crippen LogP contribution in [0.4, 0.5) is 22.7 Å². The van der Waals surface area contributed by atoms with Crippen LogP contribution in [0, 0.1) is 0 Å². The Labute approximate surface area is 357 Å². The summed E-state index contributed by atoms with van der Waals surface area (Å²) in [5.74, 6) is 0. The molecule has 61 heavy (non-hydrogen) atoms. The number of anilines is 4. The van der Waals surface area contributed by atoms with Gasteiger partial charge in [-0.1, -0.05) is 196 Å². The number of para-hydroxylation sites is 2. The van der Waals surface area contributed by atoms with Crippen molar-refractivity contribution in [2.75, 3.05) is 9.80 Å². The van der Waals surface area contributed by atoms with Gasteiger partial charge in [-0.05, 0) is 75.8 Å². The van der Waals surface area contributed by atoms with Crippen molar-refractivity contribution in [3.8, 4) is 27.9 Å². The minimum absolute atomic E-state index is 0.297. The number of hydrogen-bond acceptors (Lipinski definition) is 2. The predicted octanol–water partition coefficient (Wildman–Crippen LogP) is 14.9. The second-order valence-corrected chi connectivity index (χ2v) is 16.9. The van der Waals surface area contributed by atoms with E-state index in [1.54, 1.807) is 0 Å². The standard InChI is InChI=1S/C58H43N3/c1-57(2)50-34-19-33-49-48-32-15-16-35-52(48)59(56(49)50)53-39-55-54(38-51(53)57)60(46-30-17-24-42(36-46)40-20-7-3-8-21-40)58(44-26-11-5-12-27-44,45-28-13-6-14-29-45)61(55)47-31-18-25-43(37-47)41-22-9-4-10-23-41/h3-39H,1-2H3. The van der Waals surface area contributed by atoms with Gasteiger partial charge in [0.15, 0.2) is 5.66 Å². The molecule has 0 unspecified atom stereocenters. The molecule has 0 bridgehead atoms. The van der Waals surface area contributed by atoms with Gasteiger partial charge in [0.1, 0.15) is 0 Å². The first-order valence-electron chi connectivity index (χ1n) is 21.3. The Balaban J connectivity index is 1.25. The molecule has 0 atom stereocenters. The highest BCUT2D eigenvalue weighted by Crippen LogP contribution is 2.62. The quantitative estimate of drug-likeness (QED) is 0.166. The average molecular weight is 782 g/mol. The predicted molar refractivity (Wildman–Crippen MR) is 255 cm³/mol. The van der Waals surface area contributed by atoms with Crippen LogP contribution in [0.1, 0.15) is 36.1 Å². The van der Waals surface area contributed by atoms with Crippen molar-refractivity contribution in [1.29, 1.82) is 0 Å². The number of hydrogen-bond donors (Lipinski definition) is 0. The van der Waals surface area contributed by atoms with Gasteiger partial charge in [0, 0.05) is 38.7 Å². The highest BCUT2D eigenvalue weighted by Gasteiger charge is 2.55. The van der Waals surface area contributed by atoms with Crippen molar-refractivity contribution in [2.45, 2.75) is 24.9 Å². The Morgan fingerprint density at radius 1 is 0.344 bits per heavy atom. The van der Waals surface area contributed by atoms with Crippen LogP contribution in [-0.2, 0) is 11.1 Å². The van der Waals surface area contributed by atoms with E-state index in [9.17, 15) is 0 Å². The van der Waals surface area contributed by atoms with E-state index in [2.05, 4.69) is 253 Å². The topological polar surface area (TPSA) is 11.4 Å². The summed E-state index contributed by atoms with van der Waals surface area (Å²) >= 11 is 0. The van der Waals surface area contributed by atoms with Crippen LogP contribution in [0.15, 0.2) is 224 Å². The lowest BCUT2D eigenvalue weighted by Crippen LogP contribution is -2.51. The van der Waals surface area contributed by atoms with E-state index < -0.39 is 5.66 Å². The summed E-state index contributed by atoms with van der Waals surface area (Å²) in [6.45, 7) is 4.82. The lowest BCUT2D eigenvalue weighted by Gasteiger charge is -2.47. The second kappa shape index (κ2) is 13.5. The molecule has 0 N–H and O–H groups in total. The third-order valence-electron chi connectivity index (χ3n) is 13.3. The molecule has 3 nitrogen and oxygen atoms in total. The molecular formula is C58H43N3. The molecule has 0 saturated heterocycles. The molecule has 0 fully saturated rings. The van der Waals surface area contributed by atoms with E-state index in [1.165, 1.54) is 72.0 Å². The maximum Gasteiger partial charge on any atom is 0.175 e. The Kier molecular flexibility index (Phi) is 7.79. The molecule has 0 amide bonds. The van der Waals surface area contributed by atoms with E-state index in [0.717, 1.165) is 22.7 Å². The summed E-state index contributed by atoms with van der Waals surface area (Å²) < 4.78 is 2.55. The van der Waals surface area contributed by atoms with E-state index in [4.69, 9.17) is 0 Å². The molecule has 0 spiro atoms. The van der Waals surface area contributed by atoms with Crippen molar-refractivity contribution >= 4 is 44.6 Å². The van der Waals surface area contributed by atoms with Crippen LogP contribution in [0.3, 0.4) is 0 Å². The minimum atomic E-state index is -0.857. The fraction of sp³-hybridized carbons (Fsp3) is 0.0690. The summed E-state index contributed by atoms with van der Waals surface area (Å²) in [7, 11) is 0. The van der Waals surface area contributed by atoms with Gasteiger partial charge in [0.25, 0.3) is 0 Å². The summed E-state index contributed by atoms with van der Waals surface area (Å²) in [5, 5.41) is 2.57. The number of nitrogens with zero attached hydrogens (tertiary/aromatic N) is 3. The molecule has 2 aliphatic heterocycles.